The van der Waals surface area contributed by atoms with Crippen LogP contribution in [0.1, 0.15) is 29.3 Å². The van der Waals surface area contributed by atoms with Gasteiger partial charge >= 0.3 is 5.97 Å². The molecule has 1 unspecified atom stereocenters. The summed E-state index contributed by atoms with van der Waals surface area (Å²) in [4.78, 5) is 24.1. The number of hydrogen-bond acceptors (Lipinski definition) is 5. The van der Waals surface area contributed by atoms with Gasteiger partial charge in [-0.1, -0.05) is 17.7 Å². The van der Waals surface area contributed by atoms with Crippen LogP contribution in [-0.2, 0) is 19.6 Å². The smallest absolute Gasteiger partial charge is 0.307 e. The van der Waals surface area contributed by atoms with E-state index in [1.165, 1.54) is 31.2 Å². The molecule has 0 aliphatic rings. The summed E-state index contributed by atoms with van der Waals surface area (Å²) in [5, 5.41) is 0. The van der Waals surface area contributed by atoms with E-state index in [-0.39, 0.29) is 23.4 Å². The lowest BCUT2D eigenvalue weighted by molar-refractivity contribution is -0.146. The lowest BCUT2D eigenvalue weighted by atomic mass is 10.1. The second-order valence-corrected chi connectivity index (χ2v) is 7.73. The molecule has 6 nitrogen and oxygen atoms in total. The van der Waals surface area contributed by atoms with Crippen molar-refractivity contribution < 1.29 is 27.1 Å². The van der Waals surface area contributed by atoms with E-state index < -0.39 is 33.7 Å². The molecule has 0 aliphatic heterocycles. The Labute approximate surface area is 157 Å². The molecule has 0 saturated carbocycles. The summed E-state index contributed by atoms with van der Waals surface area (Å²) >= 11 is 0. The molecule has 2 rings (SSSR count). The Morgan fingerprint density at radius 3 is 2.26 bits per heavy atom. The molecule has 2 aromatic carbocycles. The number of halogens is 1. The average Bonchev–Trinajstić information content (AvgIpc) is 2.62. The van der Waals surface area contributed by atoms with E-state index in [9.17, 15) is 22.4 Å². The van der Waals surface area contributed by atoms with Crippen molar-refractivity contribution in [3.05, 3.63) is 65.5 Å². The fourth-order valence-electron chi connectivity index (χ4n) is 2.25. The maximum atomic E-state index is 12.9. The Hall–Kier alpha value is -2.58. The molecule has 0 radical (unpaired) electrons. The molecule has 0 aliphatic carbocycles. The van der Waals surface area contributed by atoms with E-state index in [2.05, 4.69) is 4.72 Å². The van der Waals surface area contributed by atoms with Crippen LogP contribution in [0.25, 0.3) is 0 Å². The highest BCUT2D eigenvalue weighted by molar-refractivity contribution is 7.89. The maximum absolute atomic E-state index is 12.9. The van der Waals surface area contributed by atoms with Crippen molar-refractivity contribution in [3.8, 4) is 0 Å². The average molecular weight is 393 g/mol. The third-order valence-corrected chi connectivity index (χ3v) is 5.24. The van der Waals surface area contributed by atoms with Gasteiger partial charge in [0, 0.05) is 12.1 Å². The predicted octanol–water partition coefficient (Wildman–Crippen LogP) is 2.62. The van der Waals surface area contributed by atoms with Crippen LogP contribution in [0.5, 0.6) is 0 Å². The van der Waals surface area contributed by atoms with E-state index in [1.54, 1.807) is 12.1 Å². The minimum absolute atomic E-state index is 0.0984. The number of carbonyl (C=O) groups is 2. The summed E-state index contributed by atoms with van der Waals surface area (Å²) in [6, 6.07) is 11.2. The highest BCUT2D eigenvalue weighted by atomic mass is 32.2. The van der Waals surface area contributed by atoms with Crippen LogP contribution in [0.4, 0.5) is 4.39 Å². The molecule has 0 fully saturated rings. The molecule has 0 spiro atoms. The fourth-order valence-corrected chi connectivity index (χ4v) is 3.28. The number of Topliss-reactive ketones (excluding diaryl/α,β-unsaturated/α-hetero) is 1. The van der Waals surface area contributed by atoms with Crippen molar-refractivity contribution in [1.29, 1.82) is 0 Å². The second-order valence-electron chi connectivity index (χ2n) is 5.96. The van der Waals surface area contributed by atoms with E-state index in [0.29, 0.717) is 0 Å². The normalized spacial score (nSPS) is 12.4. The zero-order valence-electron chi connectivity index (χ0n) is 14.9. The number of carbonyl (C=O) groups excluding carboxylic acids is 2. The molecule has 0 saturated heterocycles. The number of sulfonamides is 1. The van der Waals surface area contributed by atoms with Crippen LogP contribution >= 0.6 is 0 Å². The van der Waals surface area contributed by atoms with Crippen molar-refractivity contribution in [2.24, 2.45) is 0 Å². The van der Waals surface area contributed by atoms with Gasteiger partial charge < -0.3 is 4.74 Å². The SMILES string of the molecule is Cc1ccc(S(=O)(=O)NCCC(=O)OC(C)C(=O)c2ccc(F)cc2)cc1. The molecule has 0 amide bonds. The van der Waals surface area contributed by atoms with E-state index in [0.717, 1.165) is 17.7 Å². The van der Waals surface area contributed by atoms with E-state index in [1.807, 2.05) is 6.92 Å². The fraction of sp³-hybridized carbons (Fsp3) is 0.263. The molecular formula is C19H20FNO5S. The number of aryl methyl sites for hydroxylation is 1. The van der Waals surface area contributed by atoms with Crippen molar-refractivity contribution in [3.63, 3.8) is 0 Å². The first-order valence-electron chi connectivity index (χ1n) is 8.24. The van der Waals surface area contributed by atoms with Crippen LogP contribution in [-0.4, -0.2) is 32.8 Å². The van der Waals surface area contributed by atoms with Gasteiger partial charge in [0.1, 0.15) is 5.82 Å². The Balaban J connectivity index is 1.84. The zero-order chi connectivity index (χ0) is 20.0. The van der Waals surface area contributed by atoms with Crippen LogP contribution in [0, 0.1) is 12.7 Å². The van der Waals surface area contributed by atoms with Crippen molar-refractivity contribution >= 4 is 21.8 Å². The molecule has 27 heavy (non-hydrogen) atoms. The van der Waals surface area contributed by atoms with Crippen molar-refractivity contribution in [2.75, 3.05) is 6.54 Å². The van der Waals surface area contributed by atoms with Gasteiger partial charge in [-0.05, 0) is 50.2 Å². The number of ketones is 1. The second kappa shape index (κ2) is 8.88. The number of esters is 1. The van der Waals surface area contributed by atoms with Gasteiger partial charge in [-0.15, -0.1) is 0 Å². The highest BCUT2D eigenvalue weighted by Gasteiger charge is 2.20. The summed E-state index contributed by atoms with van der Waals surface area (Å²) < 4.78 is 44.5. The summed E-state index contributed by atoms with van der Waals surface area (Å²) in [6.45, 7) is 3.08. The molecule has 1 N–H and O–H groups in total. The Bertz CT molecular complexity index is 908. The number of hydrogen-bond donors (Lipinski definition) is 1. The van der Waals surface area contributed by atoms with E-state index in [4.69, 9.17) is 4.74 Å². The lowest BCUT2D eigenvalue weighted by Crippen LogP contribution is -2.29. The van der Waals surface area contributed by atoms with Gasteiger partial charge in [-0.3, -0.25) is 9.59 Å². The molecule has 2 aromatic rings. The summed E-state index contributed by atoms with van der Waals surface area (Å²) in [7, 11) is -3.72. The number of benzene rings is 2. The Morgan fingerprint density at radius 2 is 1.67 bits per heavy atom. The number of rotatable bonds is 8. The molecule has 0 aromatic heterocycles. The van der Waals surface area contributed by atoms with Gasteiger partial charge in [0.25, 0.3) is 0 Å². The molecule has 0 bridgehead atoms. The molecule has 144 valence electrons. The predicted molar refractivity (Wildman–Crippen MR) is 97.3 cm³/mol. The van der Waals surface area contributed by atoms with Gasteiger partial charge in [-0.25, -0.2) is 17.5 Å². The first-order valence-corrected chi connectivity index (χ1v) is 9.73. The van der Waals surface area contributed by atoms with Crippen LogP contribution < -0.4 is 4.72 Å². The quantitative estimate of drug-likeness (QED) is 0.550. The topological polar surface area (TPSA) is 89.5 Å². The first kappa shape index (κ1) is 20.7. The van der Waals surface area contributed by atoms with Gasteiger partial charge in [0.15, 0.2) is 6.10 Å². The van der Waals surface area contributed by atoms with Crippen LogP contribution in [0.3, 0.4) is 0 Å². The molecule has 1 atom stereocenters. The summed E-state index contributed by atoms with van der Waals surface area (Å²) in [6.07, 6.45) is -1.29. The third kappa shape index (κ3) is 5.97. The molecule has 8 heteroatoms. The number of ether oxygens (including phenoxy) is 1. The van der Waals surface area contributed by atoms with Gasteiger partial charge in [0.2, 0.25) is 15.8 Å². The largest absolute Gasteiger partial charge is 0.454 e. The van der Waals surface area contributed by atoms with Crippen molar-refractivity contribution in [1.82, 2.24) is 4.72 Å². The summed E-state index contributed by atoms with van der Waals surface area (Å²) in [5.41, 5.74) is 1.15. The highest BCUT2D eigenvalue weighted by Crippen LogP contribution is 2.11. The minimum atomic E-state index is -3.72. The van der Waals surface area contributed by atoms with Crippen molar-refractivity contribution in [2.45, 2.75) is 31.3 Å². The van der Waals surface area contributed by atoms with Gasteiger partial charge in [-0.2, -0.15) is 0 Å². The molecular weight excluding hydrogens is 373 g/mol. The van der Waals surface area contributed by atoms with Crippen LogP contribution in [0.15, 0.2) is 53.4 Å². The standard InChI is InChI=1S/C19H20FNO5S/c1-13-3-9-17(10-4-13)27(24,25)21-12-11-18(22)26-14(2)19(23)15-5-7-16(20)8-6-15/h3-10,14,21H,11-12H2,1-2H3. The summed E-state index contributed by atoms with van der Waals surface area (Å²) in [5.74, 6) is -1.66. The minimum Gasteiger partial charge on any atom is -0.454 e. The zero-order valence-corrected chi connectivity index (χ0v) is 15.8. The monoisotopic (exact) mass is 393 g/mol. The van der Waals surface area contributed by atoms with Gasteiger partial charge in [0.05, 0.1) is 11.3 Å². The van der Waals surface area contributed by atoms with E-state index >= 15 is 0 Å². The lowest BCUT2D eigenvalue weighted by Gasteiger charge is -2.13. The number of nitrogens with one attached hydrogen (secondary N) is 1. The molecule has 0 heterocycles. The Kier molecular flexibility index (Phi) is 6.81. The van der Waals surface area contributed by atoms with Crippen LogP contribution in [0.2, 0.25) is 0 Å². The first-order chi connectivity index (χ1) is 12.7. The maximum Gasteiger partial charge on any atom is 0.307 e. The third-order valence-electron chi connectivity index (χ3n) is 3.76. The Morgan fingerprint density at radius 1 is 1.07 bits per heavy atom.